The second-order valence-corrected chi connectivity index (χ2v) is 4.78. The number of sulfone groups is 1. The lowest BCUT2D eigenvalue weighted by Crippen LogP contribution is -2.00. The molecule has 0 atom stereocenters. The Morgan fingerprint density at radius 3 is 2.92 bits per heavy atom. The Balaban J connectivity index is 2.76. The summed E-state index contributed by atoms with van der Waals surface area (Å²) in [6.45, 7) is 0.0801. The smallest absolute Gasteiger partial charge is 0.153 e. The number of nitriles is 1. The van der Waals surface area contributed by atoms with Crippen LogP contribution in [-0.4, -0.2) is 29.7 Å². The lowest BCUT2D eigenvalue weighted by atomic mass is 10.5. The third-order valence-electron chi connectivity index (χ3n) is 1.23. The van der Waals surface area contributed by atoms with E-state index in [2.05, 4.69) is 10.3 Å². The predicted octanol–water partition coefficient (Wildman–Crippen LogP) is -0.654. The van der Waals surface area contributed by atoms with Gasteiger partial charge >= 0.3 is 0 Å². The van der Waals surface area contributed by atoms with Crippen LogP contribution in [0.4, 0.5) is 0 Å². The van der Waals surface area contributed by atoms with Crippen molar-refractivity contribution >= 4 is 9.84 Å². The van der Waals surface area contributed by atoms with Crippen LogP contribution < -0.4 is 0 Å². The van der Waals surface area contributed by atoms with Gasteiger partial charge in [-0.3, -0.25) is 0 Å². The Morgan fingerprint density at radius 1 is 1.69 bits per heavy atom. The van der Waals surface area contributed by atoms with E-state index in [1.807, 2.05) is 6.07 Å². The summed E-state index contributed by atoms with van der Waals surface area (Å²) in [5.41, 5.74) is 0.359. The average molecular weight is 200 g/mol. The highest BCUT2D eigenvalue weighted by atomic mass is 32.2. The van der Waals surface area contributed by atoms with Crippen molar-refractivity contribution in [2.45, 2.75) is 12.3 Å². The minimum atomic E-state index is -3.08. The van der Waals surface area contributed by atoms with Crippen LogP contribution in [0.1, 0.15) is 5.69 Å². The topological polar surface area (TPSA) is 88.6 Å². The molecule has 1 aromatic rings. The maximum atomic E-state index is 10.8. The molecule has 1 aromatic heterocycles. The Bertz CT molecular complexity index is 428. The Hall–Kier alpha value is -1.42. The standard InChI is InChI=1S/C6H8N4O2S/c1-13(11,12)5-6-4-10(3-2-7)9-8-6/h4H,3,5H2,1H3. The molecule has 0 saturated carbocycles. The van der Waals surface area contributed by atoms with E-state index in [1.165, 1.54) is 10.9 Å². The second kappa shape index (κ2) is 3.53. The third-order valence-corrected chi connectivity index (χ3v) is 2.05. The summed E-state index contributed by atoms with van der Waals surface area (Å²) >= 11 is 0. The Labute approximate surface area is 75.7 Å². The van der Waals surface area contributed by atoms with Crippen molar-refractivity contribution in [2.24, 2.45) is 0 Å². The first-order valence-corrected chi connectivity index (χ1v) is 5.51. The second-order valence-electron chi connectivity index (χ2n) is 2.64. The molecule has 1 rings (SSSR count). The minimum absolute atomic E-state index is 0.0801. The highest BCUT2D eigenvalue weighted by Gasteiger charge is 2.07. The molecule has 13 heavy (non-hydrogen) atoms. The fraction of sp³-hybridized carbons (Fsp3) is 0.500. The van der Waals surface area contributed by atoms with Crippen LogP contribution >= 0.6 is 0 Å². The molecule has 70 valence electrons. The molecule has 0 aliphatic heterocycles. The van der Waals surface area contributed by atoms with Gasteiger partial charge in [0.25, 0.3) is 0 Å². The van der Waals surface area contributed by atoms with Crippen molar-refractivity contribution in [3.63, 3.8) is 0 Å². The first-order valence-electron chi connectivity index (χ1n) is 3.45. The first-order chi connectivity index (χ1) is 6.01. The highest BCUT2D eigenvalue weighted by Crippen LogP contribution is 1.99. The molecule has 6 nitrogen and oxygen atoms in total. The quantitative estimate of drug-likeness (QED) is 0.646. The van der Waals surface area contributed by atoms with Crippen LogP contribution in [-0.2, 0) is 22.1 Å². The van der Waals surface area contributed by atoms with Gasteiger partial charge in [0, 0.05) is 6.26 Å². The summed E-state index contributed by atoms with van der Waals surface area (Å²) in [6, 6.07) is 1.87. The van der Waals surface area contributed by atoms with Crippen molar-refractivity contribution < 1.29 is 8.42 Å². The van der Waals surface area contributed by atoms with Gasteiger partial charge < -0.3 is 0 Å². The zero-order valence-corrected chi connectivity index (χ0v) is 7.82. The Kier molecular flexibility index (Phi) is 2.63. The van der Waals surface area contributed by atoms with Gasteiger partial charge in [-0.2, -0.15) is 5.26 Å². The lowest BCUT2D eigenvalue weighted by Gasteiger charge is -1.90. The van der Waals surface area contributed by atoms with E-state index >= 15 is 0 Å². The van der Waals surface area contributed by atoms with Crippen LogP contribution in [0.5, 0.6) is 0 Å². The van der Waals surface area contributed by atoms with Gasteiger partial charge in [-0.05, 0) is 0 Å². The van der Waals surface area contributed by atoms with E-state index in [9.17, 15) is 8.42 Å². The fourth-order valence-corrected chi connectivity index (χ4v) is 1.49. The van der Waals surface area contributed by atoms with Crippen molar-refractivity contribution in [1.29, 1.82) is 5.26 Å². The molecule has 0 bridgehead atoms. The van der Waals surface area contributed by atoms with E-state index in [4.69, 9.17) is 5.26 Å². The molecule has 0 N–H and O–H groups in total. The van der Waals surface area contributed by atoms with Gasteiger partial charge in [0.05, 0.1) is 23.7 Å². The van der Waals surface area contributed by atoms with Crippen molar-refractivity contribution in [3.8, 4) is 6.07 Å². The maximum Gasteiger partial charge on any atom is 0.153 e. The summed E-state index contributed by atoms with van der Waals surface area (Å²) in [6.07, 6.45) is 2.57. The molecular weight excluding hydrogens is 192 g/mol. The molecule has 0 spiro atoms. The first kappa shape index (κ1) is 9.67. The van der Waals surface area contributed by atoms with Gasteiger partial charge in [-0.25, -0.2) is 13.1 Å². The molecule has 0 unspecified atom stereocenters. The van der Waals surface area contributed by atoms with Crippen molar-refractivity contribution in [1.82, 2.24) is 15.0 Å². The average Bonchev–Trinajstić information content (AvgIpc) is 2.33. The lowest BCUT2D eigenvalue weighted by molar-refractivity contribution is 0.600. The molecule has 0 aliphatic rings. The summed E-state index contributed by atoms with van der Waals surface area (Å²) in [7, 11) is -3.08. The summed E-state index contributed by atoms with van der Waals surface area (Å²) < 4.78 is 22.9. The highest BCUT2D eigenvalue weighted by molar-refractivity contribution is 7.89. The van der Waals surface area contributed by atoms with E-state index in [1.54, 1.807) is 0 Å². The SMILES string of the molecule is CS(=O)(=O)Cc1cn(CC#N)nn1. The van der Waals surface area contributed by atoms with Gasteiger partial charge in [0.2, 0.25) is 0 Å². The van der Waals surface area contributed by atoms with Gasteiger partial charge in [-0.1, -0.05) is 5.21 Å². The zero-order chi connectivity index (χ0) is 9.90. The molecule has 1 heterocycles. The zero-order valence-electron chi connectivity index (χ0n) is 7.01. The van der Waals surface area contributed by atoms with Crippen LogP contribution in [0.15, 0.2) is 6.20 Å². The van der Waals surface area contributed by atoms with Gasteiger partial charge in [0.1, 0.15) is 6.54 Å². The summed E-state index contributed by atoms with van der Waals surface area (Å²) in [4.78, 5) is 0. The molecule has 0 saturated heterocycles. The number of hydrogen-bond donors (Lipinski definition) is 0. The van der Waals surface area contributed by atoms with Crippen LogP contribution in [0.3, 0.4) is 0 Å². The van der Waals surface area contributed by atoms with E-state index < -0.39 is 9.84 Å². The maximum absolute atomic E-state index is 10.8. The minimum Gasteiger partial charge on any atom is -0.238 e. The van der Waals surface area contributed by atoms with Crippen molar-refractivity contribution in [2.75, 3.05) is 6.26 Å². The van der Waals surface area contributed by atoms with Crippen molar-refractivity contribution in [3.05, 3.63) is 11.9 Å². The van der Waals surface area contributed by atoms with Crippen LogP contribution in [0.2, 0.25) is 0 Å². The molecule has 0 aliphatic carbocycles. The van der Waals surface area contributed by atoms with Gasteiger partial charge in [0.15, 0.2) is 9.84 Å². The number of rotatable bonds is 3. The fourth-order valence-electron chi connectivity index (χ4n) is 0.823. The molecular formula is C6H8N4O2S. The van der Waals surface area contributed by atoms with E-state index in [0.717, 1.165) is 6.26 Å². The monoisotopic (exact) mass is 200 g/mol. The number of aromatic nitrogens is 3. The number of nitrogens with zero attached hydrogens (tertiary/aromatic N) is 4. The van der Waals surface area contributed by atoms with Crippen LogP contribution in [0, 0.1) is 11.3 Å². The number of hydrogen-bond acceptors (Lipinski definition) is 5. The van der Waals surface area contributed by atoms with Gasteiger partial charge in [-0.15, -0.1) is 5.10 Å². The normalized spacial score (nSPS) is 11.1. The Morgan fingerprint density at radius 2 is 2.38 bits per heavy atom. The molecule has 0 fully saturated rings. The van der Waals surface area contributed by atoms with E-state index in [-0.39, 0.29) is 12.3 Å². The predicted molar refractivity (Wildman–Crippen MR) is 44.2 cm³/mol. The summed E-state index contributed by atoms with van der Waals surface area (Å²) in [5.74, 6) is -0.140. The molecule has 0 radical (unpaired) electrons. The summed E-state index contributed by atoms with van der Waals surface area (Å²) in [5, 5.41) is 15.5. The molecule has 7 heteroatoms. The largest absolute Gasteiger partial charge is 0.238 e. The molecule has 0 amide bonds. The van der Waals surface area contributed by atoms with Crippen LogP contribution in [0.25, 0.3) is 0 Å². The third kappa shape index (κ3) is 3.21. The van der Waals surface area contributed by atoms with E-state index in [0.29, 0.717) is 5.69 Å². The molecule has 0 aromatic carbocycles.